The van der Waals surface area contributed by atoms with E-state index in [1.165, 1.54) is 5.69 Å². The van der Waals surface area contributed by atoms with Crippen molar-refractivity contribution in [3.8, 4) is 0 Å². The van der Waals surface area contributed by atoms with Crippen LogP contribution in [0.25, 0.3) is 0 Å². The fourth-order valence-electron chi connectivity index (χ4n) is 3.14. The first-order chi connectivity index (χ1) is 9.53. The lowest BCUT2D eigenvalue weighted by Crippen LogP contribution is -2.42. The van der Waals surface area contributed by atoms with Crippen molar-refractivity contribution in [1.82, 2.24) is 15.1 Å². The monoisotopic (exact) mass is 277 g/mol. The Kier molecular flexibility index (Phi) is 3.54. The zero-order chi connectivity index (χ0) is 14.2. The molecule has 110 valence electrons. The molecule has 1 aromatic rings. The molecule has 0 spiro atoms. The maximum atomic E-state index is 12.1. The molecule has 1 amide bonds. The van der Waals surface area contributed by atoms with Gasteiger partial charge >= 0.3 is 0 Å². The van der Waals surface area contributed by atoms with Crippen LogP contribution >= 0.6 is 0 Å². The van der Waals surface area contributed by atoms with Crippen LogP contribution in [0.3, 0.4) is 0 Å². The average molecular weight is 277 g/mol. The Labute approximate surface area is 119 Å². The number of fused-ring (bicyclic) bond motifs is 1. The maximum Gasteiger partial charge on any atom is 0.271 e. The summed E-state index contributed by atoms with van der Waals surface area (Å²) in [5.74, 6) is -0.0844. The van der Waals surface area contributed by atoms with Crippen molar-refractivity contribution in [3.05, 3.63) is 17.5 Å². The van der Waals surface area contributed by atoms with Gasteiger partial charge in [-0.25, -0.2) is 0 Å². The second-order valence-corrected chi connectivity index (χ2v) is 6.45. The van der Waals surface area contributed by atoms with Crippen LogP contribution < -0.4 is 5.32 Å². The number of carbonyl (C=O) groups excluding carboxylic acids is 1. The van der Waals surface area contributed by atoms with Gasteiger partial charge < -0.3 is 10.1 Å². The van der Waals surface area contributed by atoms with Crippen molar-refractivity contribution in [2.24, 2.45) is 0 Å². The molecule has 3 heterocycles. The summed E-state index contributed by atoms with van der Waals surface area (Å²) in [4.78, 5) is 12.1. The fourth-order valence-corrected chi connectivity index (χ4v) is 3.14. The molecule has 20 heavy (non-hydrogen) atoms. The Morgan fingerprint density at radius 1 is 1.55 bits per heavy atom. The lowest BCUT2D eigenvalue weighted by Gasteiger charge is -2.36. The van der Waals surface area contributed by atoms with E-state index in [0.717, 1.165) is 38.6 Å². The Morgan fingerprint density at radius 2 is 2.40 bits per heavy atom. The Bertz CT molecular complexity index is 486. The molecule has 0 bridgehead atoms. The average Bonchev–Trinajstić information content (AvgIpc) is 2.95. The number of aryl methyl sites for hydroxylation is 2. The van der Waals surface area contributed by atoms with Crippen molar-refractivity contribution in [2.45, 2.75) is 64.2 Å². The molecular weight excluding hydrogens is 254 g/mol. The van der Waals surface area contributed by atoms with Crippen LogP contribution in [0.1, 0.15) is 55.7 Å². The minimum absolute atomic E-state index is 0.0662. The molecule has 2 aliphatic rings. The number of aromatic nitrogens is 2. The number of nitrogens with zero attached hydrogens (tertiary/aromatic N) is 2. The van der Waals surface area contributed by atoms with E-state index in [-0.39, 0.29) is 17.6 Å². The van der Waals surface area contributed by atoms with Crippen molar-refractivity contribution in [1.29, 1.82) is 0 Å². The van der Waals surface area contributed by atoms with Crippen molar-refractivity contribution in [3.63, 3.8) is 0 Å². The molecule has 3 rings (SSSR count). The molecule has 2 aliphatic heterocycles. The first-order valence-electron chi connectivity index (χ1n) is 7.56. The van der Waals surface area contributed by atoms with Crippen molar-refractivity contribution in [2.75, 3.05) is 6.54 Å². The van der Waals surface area contributed by atoms with E-state index in [0.29, 0.717) is 12.2 Å². The highest BCUT2D eigenvalue weighted by molar-refractivity contribution is 5.92. The van der Waals surface area contributed by atoms with Crippen molar-refractivity contribution < 1.29 is 9.53 Å². The summed E-state index contributed by atoms with van der Waals surface area (Å²) >= 11 is 0. The van der Waals surface area contributed by atoms with Gasteiger partial charge in [0.25, 0.3) is 5.91 Å². The molecule has 1 aromatic heterocycles. The van der Waals surface area contributed by atoms with Gasteiger partial charge in [-0.1, -0.05) is 0 Å². The van der Waals surface area contributed by atoms with Crippen LogP contribution in [-0.2, 0) is 17.7 Å². The normalized spacial score (nSPS) is 24.4. The summed E-state index contributed by atoms with van der Waals surface area (Å²) < 4.78 is 7.92. The molecule has 1 unspecified atom stereocenters. The number of hydrogen-bond donors (Lipinski definition) is 1. The van der Waals surface area contributed by atoms with Crippen LogP contribution in [-0.4, -0.2) is 33.9 Å². The van der Waals surface area contributed by atoms with E-state index in [4.69, 9.17) is 4.74 Å². The summed E-state index contributed by atoms with van der Waals surface area (Å²) in [5.41, 5.74) is 1.64. The van der Waals surface area contributed by atoms with Gasteiger partial charge in [-0.3, -0.25) is 9.48 Å². The molecule has 1 saturated heterocycles. The van der Waals surface area contributed by atoms with E-state index in [1.54, 1.807) is 0 Å². The maximum absolute atomic E-state index is 12.1. The first kappa shape index (κ1) is 13.6. The molecular formula is C15H23N3O2. The second kappa shape index (κ2) is 5.20. The molecule has 1 atom stereocenters. The van der Waals surface area contributed by atoms with Gasteiger partial charge in [0, 0.05) is 18.8 Å². The van der Waals surface area contributed by atoms with Gasteiger partial charge in [0.2, 0.25) is 0 Å². The molecule has 1 fully saturated rings. The number of ether oxygens (including phenoxy) is 1. The molecule has 0 aliphatic carbocycles. The van der Waals surface area contributed by atoms with Crippen LogP contribution in [0, 0.1) is 0 Å². The lowest BCUT2D eigenvalue weighted by molar-refractivity contribution is -0.104. The summed E-state index contributed by atoms with van der Waals surface area (Å²) in [6.45, 7) is 5.73. The SMILES string of the molecule is CC1(C)CCCC(CNC(=O)c2cc3n(n2)CCC3)O1. The third kappa shape index (κ3) is 2.87. The topological polar surface area (TPSA) is 56.2 Å². The van der Waals surface area contributed by atoms with E-state index >= 15 is 0 Å². The number of nitrogens with one attached hydrogen (secondary N) is 1. The highest BCUT2D eigenvalue weighted by atomic mass is 16.5. The fraction of sp³-hybridized carbons (Fsp3) is 0.733. The van der Waals surface area contributed by atoms with Gasteiger partial charge in [-0.05, 0) is 52.0 Å². The van der Waals surface area contributed by atoms with Gasteiger partial charge in [-0.15, -0.1) is 0 Å². The van der Waals surface area contributed by atoms with Gasteiger partial charge in [0.05, 0.1) is 11.7 Å². The largest absolute Gasteiger partial charge is 0.371 e. The van der Waals surface area contributed by atoms with Crippen LogP contribution in [0.15, 0.2) is 6.07 Å². The predicted octanol–water partition coefficient (Wildman–Crippen LogP) is 1.91. The van der Waals surface area contributed by atoms with Gasteiger partial charge in [0.15, 0.2) is 0 Å². The summed E-state index contributed by atoms with van der Waals surface area (Å²) in [5, 5.41) is 7.30. The van der Waals surface area contributed by atoms with E-state index in [1.807, 2.05) is 10.7 Å². The van der Waals surface area contributed by atoms with Crippen LogP contribution in [0.5, 0.6) is 0 Å². The molecule has 5 nitrogen and oxygen atoms in total. The lowest BCUT2D eigenvalue weighted by atomic mass is 9.95. The van der Waals surface area contributed by atoms with E-state index < -0.39 is 0 Å². The minimum atomic E-state index is -0.0844. The summed E-state index contributed by atoms with van der Waals surface area (Å²) in [7, 11) is 0. The standard InChI is InChI=1S/C15H23N3O2/c1-15(2)7-3-6-12(20-15)10-16-14(19)13-9-11-5-4-8-18(11)17-13/h9,12H,3-8,10H2,1-2H3,(H,16,19). The molecule has 0 radical (unpaired) electrons. The number of hydrogen-bond acceptors (Lipinski definition) is 3. The Balaban J connectivity index is 1.54. The summed E-state index contributed by atoms with van der Waals surface area (Å²) in [6.07, 6.45) is 5.55. The second-order valence-electron chi connectivity index (χ2n) is 6.45. The number of amides is 1. The zero-order valence-corrected chi connectivity index (χ0v) is 12.3. The van der Waals surface area contributed by atoms with E-state index in [9.17, 15) is 4.79 Å². The summed E-state index contributed by atoms with van der Waals surface area (Å²) in [6, 6.07) is 1.91. The minimum Gasteiger partial charge on any atom is -0.371 e. The molecule has 0 saturated carbocycles. The number of carbonyl (C=O) groups is 1. The molecule has 1 N–H and O–H groups in total. The van der Waals surface area contributed by atoms with Crippen molar-refractivity contribution >= 4 is 5.91 Å². The van der Waals surface area contributed by atoms with Gasteiger partial charge in [0.1, 0.15) is 5.69 Å². The van der Waals surface area contributed by atoms with E-state index in [2.05, 4.69) is 24.3 Å². The zero-order valence-electron chi connectivity index (χ0n) is 12.3. The third-order valence-electron chi connectivity index (χ3n) is 4.18. The Hall–Kier alpha value is -1.36. The number of rotatable bonds is 3. The first-order valence-corrected chi connectivity index (χ1v) is 7.56. The van der Waals surface area contributed by atoms with Crippen LogP contribution in [0.2, 0.25) is 0 Å². The third-order valence-corrected chi connectivity index (χ3v) is 4.18. The highest BCUT2D eigenvalue weighted by Crippen LogP contribution is 2.27. The smallest absolute Gasteiger partial charge is 0.271 e. The highest BCUT2D eigenvalue weighted by Gasteiger charge is 2.28. The quantitative estimate of drug-likeness (QED) is 0.918. The van der Waals surface area contributed by atoms with Crippen LogP contribution in [0.4, 0.5) is 0 Å². The predicted molar refractivity (Wildman–Crippen MR) is 75.7 cm³/mol. The van der Waals surface area contributed by atoms with Gasteiger partial charge in [-0.2, -0.15) is 5.10 Å². The molecule has 5 heteroatoms. The Morgan fingerprint density at radius 3 is 3.15 bits per heavy atom. The molecule has 0 aromatic carbocycles.